The van der Waals surface area contributed by atoms with Crippen molar-refractivity contribution >= 4 is 40.1 Å². The second-order valence-electron chi connectivity index (χ2n) is 3.20. The van der Waals surface area contributed by atoms with E-state index in [4.69, 9.17) is 5.11 Å². The van der Waals surface area contributed by atoms with Gasteiger partial charge in [0.05, 0.1) is 18.1 Å². The molecule has 0 amide bonds. The van der Waals surface area contributed by atoms with Gasteiger partial charge in [-0.25, -0.2) is 9.78 Å². The van der Waals surface area contributed by atoms with Gasteiger partial charge in [0.1, 0.15) is 5.82 Å². The van der Waals surface area contributed by atoms with Crippen LogP contribution in [0.25, 0.3) is 0 Å². The van der Waals surface area contributed by atoms with Gasteiger partial charge in [-0.05, 0) is 34.7 Å². The van der Waals surface area contributed by atoms with Crippen molar-refractivity contribution in [1.29, 1.82) is 0 Å². The minimum absolute atomic E-state index is 0.0825. The van der Waals surface area contributed by atoms with Gasteiger partial charge in [-0.3, -0.25) is 4.98 Å². The van der Waals surface area contributed by atoms with Gasteiger partial charge in [0.2, 0.25) is 0 Å². The fourth-order valence-electron chi connectivity index (χ4n) is 1.23. The molecule has 0 spiro atoms. The Morgan fingerprint density at radius 2 is 2.06 bits per heavy atom. The molecule has 0 atom stereocenters. The molecule has 2 rings (SSSR count). The molecule has 0 aliphatic rings. The number of benzene rings is 1. The van der Waals surface area contributed by atoms with Crippen LogP contribution < -0.4 is 5.32 Å². The average Bonchev–Trinajstić information content (AvgIpc) is 2.32. The molecule has 0 aliphatic carbocycles. The maximum Gasteiger partial charge on any atom is 0.356 e. The minimum Gasteiger partial charge on any atom is -0.476 e. The van der Waals surface area contributed by atoms with Crippen LogP contribution in [-0.4, -0.2) is 21.0 Å². The lowest BCUT2D eigenvalue weighted by molar-refractivity contribution is 0.0690. The molecule has 2 aromatic rings. The number of aromatic carboxylic acids is 1. The topological polar surface area (TPSA) is 75.1 Å². The smallest absolute Gasteiger partial charge is 0.356 e. The monoisotopic (exact) mass is 341 g/mol. The second-order valence-corrected chi connectivity index (χ2v) is 4.36. The molecule has 0 bridgehead atoms. The fraction of sp³-hybridized carbons (Fsp3) is 0. The van der Waals surface area contributed by atoms with Gasteiger partial charge in [0.25, 0.3) is 0 Å². The van der Waals surface area contributed by atoms with E-state index < -0.39 is 5.97 Å². The molecule has 0 radical (unpaired) electrons. The minimum atomic E-state index is -1.09. The average molecular weight is 341 g/mol. The molecule has 0 fully saturated rings. The summed E-state index contributed by atoms with van der Waals surface area (Å²) in [6, 6.07) is 7.64. The van der Waals surface area contributed by atoms with E-state index in [0.717, 1.165) is 9.26 Å². The quantitative estimate of drug-likeness (QED) is 0.840. The van der Waals surface area contributed by atoms with Crippen LogP contribution >= 0.6 is 22.6 Å². The summed E-state index contributed by atoms with van der Waals surface area (Å²) >= 11 is 2.18. The van der Waals surface area contributed by atoms with E-state index in [1.165, 1.54) is 12.4 Å². The third-order valence-electron chi connectivity index (χ3n) is 1.99. The SMILES string of the molecule is O=C(O)c1cncc(Nc2ccccc2I)n1. The van der Waals surface area contributed by atoms with E-state index in [2.05, 4.69) is 37.9 Å². The van der Waals surface area contributed by atoms with Gasteiger partial charge < -0.3 is 10.4 Å². The zero-order chi connectivity index (χ0) is 12.3. The molecule has 0 unspecified atom stereocenters. The van der Waals surface area contributed by atoms with Crippen molar-refractivity contribution in [2.45, 2.75) is 0 Å². The number of anilines is 2. The van der Waals surface area contributed by atoms with Crippen molar-refractivity contribution in [2.75, 3.05) is 5.32 Å². The van der Waals surface area contributed by atoms with Crippen molar-refractivity contribution in [3.05, 3.63) is 45.9 Å². The predicted octanol–water partition coefficient (Wildman–Crippen LogP) is 2.52. The lowest BCUT2D eigenvalue weighted by Crippen LogP contribution is -2.04. The fourth-order valence-corrected chi connectivity index (χ4v) is 1.75. The van der Waals surface area contributed by atoms with E-state index in [1.54, 1.807) is 0 Å². The van der Waals surface area contributed by atoms with Gasteiger partial charge >= 0.3 is 5.97 Å². The molecule has 0 saturated heterocycles. The molecular formula is C11H8IN3O2. The number of rotatable bonds is 3. The summed E-state index contributed by atoms with van der Waals surface area (Å²) in [4.78, 5) is 18.5. The Morgan fingerprint density at radius 1 is 1.29 bits per heavy atom. The molecule has 0 saturated carbocycles. The first kappa shape index (κ1) is 11.8. The molecule has 0 aliphatic heterocycles. The maximum atomic E-state index is 10.7. The number of nitrogens with one attached hydrogen (secondary N) is 1. The Labute approximate surface area is 111 Å². The number of carboxylic acid groups (broad SMARTS) is 1. The van der Waals surface area contributed by atoms with E-state index in [-0.39, 0.29) is 5.69 Å². The van der Waals surface area contributed by atoms with Crippen LogP contribution in [0.4, 0.5) is 11.5 Å². The predicted molar refractivity (Wildman–Crippen MR) is 71.4 cm³/mol. The summed E-state index contributed by atoms with van der Waals surface area (Å²) in [7, 11) is 0. The van der Waals surface area contributed by atoms with Crippen LogP contribution in [0.2, 0.25) is 0 Å². The van der Waals surface area contributed by atoms with Crippen LogP contribution in [0.3, 0.4) is 0 Å². The first-order chi connectivity index (χ1) is 8.16. The standard InChI is InChI=1S/C11H8IN3O2/c12-7-3-1-2-4-8(7)14-10-6-13-5-9(15-10)11(16)17/h1-6H,(H,14,15)(H,16,17). The number of para-hydroxylation sites is 1. The van der Waals surface area contributed by atoms with Gasteiger partial charge in [-0.1, -0.05) is 12.1 Å². The van der Waals surface area contributed by atoms with Crippen molar-refractivity contribution in [3.63, 3.8) is 0 Å². The summed E-state index contributed by atoms with van der Waals surface area (Å²) in [6.45, 7) is 0. The number of nitrogens with zero attached hydrogens (tertiary/aromatic N) is 2. The molecule has 1 heterocycles. The van der Waals surface area contributed by atoms with E-state index in [9.17, 15) is 4.79 Å². The Balaban J connectivity index is 2.28. The lowest BCUT2D eigenvalue weighted by Gasteiger charge is -2.07. The van der Waals surface area contributed by atoms with Gasteiger partial charge in [-0.2, -0.15) is 0 Å². The van der Waals surface area contributed by atoms with E-state index in [1.807, 2.05) is 24.3 Å². The highest BCUT2D eigenvalue weighted by molar-refractivity contribution is 14.1. The Hall–Kier alpha value is -1.70. The molecule has 1 aromatic carbocycles. The molecule has 2 N–H and O–H groups in total. The van der Waals surface area contributed by atoms with Crippen molar-refractivity contribution in [2.24, 2.45) is 0 Å². The van der Waals surface area contributed by atoms with Gasteiger partial charge in [-0.15, -0.1) is 0 Å². The van der Waals surface area contributed by atoms with Crippen molar-refractivity contribution in [1.82, 2.24) is 9.97 Å². The number of hydrogen-bond acceptors (Lipinski definition) is 4. The van der Waals surface area contributed by atoms with E-state index >= 15 is 0 Å². The number of halogens is 1. The highest BCUT2D eigenvalue weighted by atomic mass is 127. The normalized spacial score (nSPS) is 9.94. The van der Waals surface area contributed by atoms with Gasteiger partial charge in [0, 0.05) is 3.57 Å². The van der Waals surface area contributed by atoms with Crippen LogP contribution in [0.5, 0.6) is 0 Å². The molecule has 1 aromatic heterocycles. The second kappa shape index (κ2) is 5.09. The zero-order valence-electron chi connectivity index (χ0n) is 8.59. The zero-order valence-corrected chi connectivity index (χ0v) is 10.7. The highest BCUT2D eigenvalue weighted by Gasteiger charge is 2.06. The van der Waals surface area contributed by atoms with Crippen LogP contribution in [0.15, 0.2) is 36.7 Å². The van der Waals surface area contributed by atoms with Crippen LogP contribution in [0.1, 0.15) is 10.5 Å². The molecule has 5 nitrogen and oxygen atoms in total. The Kier molecular flexibility index (Phi) is 3.52. The third kappa shape index (κ3) is 2.90. The first-order valence-corrected chi connectivity index (χ1v) is 5.81. The van der Waals surface area contributed by atoms with Crippen molar-refractivity contribution in [3.8, 4) is 0 Å². The molecule has 86 valence electrons. The van der Waals surface area contributed by atoms with Gasteiger partial charge in [0.15, 0.2) is 5.69 Å². The number of carboxylic acids is 1. The lowest BCUT2D eigenvalue weighted by atomic mass is 10.3. The third-order valence-corrected chi connectivity index (χ3v) is 2.93. The maximum absolute atomic E-state index is 10.7. The van der Waals surface area contributed by atoms with E-state index in [0.29, 0.717) is 5.82 Å². The number of carbonyl (C=O) groups is 1. The summed E-state index contributed by atoms with van der Waals surface area (Å²) in [5.41, 5.74) is 0.783. The Morgan fingerprint density at radius 3 is 2.76 bits per heavy atom. The van der Waals surface area contributed by atoms with Crippen molar-refractivity contribution < 1.29 is 9.90 Å². The number of hydrogen-bond donors (Lipinski definition) is 2. The summed E-state index contributed by atoms with van der Waals surface area (Å²) in [6.07, 6.45) is 2.69. The largest absolute Gasteiger partial charge is 0.476 e. The highest BCUT2D eigenvalue weighted by Crippen LogP contribution is 2.20. The number of aromatic nitrogens is 2. The molecular weight excluding hydrogens is 333 g/mol. The van der Waals surface area contributed by atoms with Crippen LogP contribution in [0, 0.1) is 3.57 Å². The Bertz CT molecular complexity index is 560. The molecule has 17 heavy (non-hydrogen) atoms. The van der Waals surface area contributed by atoms with Crippen LogP contribution in [-0.2, 0) is 0 Å². The summed E-state index contributed by atoms with van der Waals surface area (Å²) in [5.74, 6) is -0.682. The molecule has 6 heteroatoms. The summed E-state index contributed by atoms with van der Waals surface area (Å²) < 4.78 is 1.02. The first-order valence-electron chi connectivity index (χ1n) is 4.74. The summed E-state index contributed by atoms with van der Waals surface area (Å²) in [5, 5.41) is 11.8.